The van der Waals surface area contributed by atoms with Crippen LogP contribution in [-0.4, -0.2) is 28.8 Å². The number of hydrogen-bond donors (Lipinski definition) is 1. The fourth-order valence-corrected chi connectivity index (χ4v) is 2.27. The standard InChI is InChI=1S/C15H20N2O2/c1-4-12-5-7-13(8-6-12)9-17-11(3)14(18)16-10(2)15(17)19/h5-8,10-11H,4,9H2,1-3H3,(H,16,18). The Morgan fingerprint density at radius 3 is 2.26 bits per heavy atom. The van der Waals surface area contributed by atoms with E-state index in [-0.39, 0.29) is 11.8 Å². The summed E-state index contributed by atoms with van der Waals surface area (Å²) in [6.45, 7) is 6.08. The first-order chi connectivity index (χ1) is 9.02. The molecule has 102 valence electrons. The number of nitrogens with zero attached hydrogens (tertiary/aromatic N) is 1. The monoisotopic (exact) mass is 260 g/mol. The molecule has 1 aliphatic heterocycles. The molecule has 0 aliphatic carbocycles. The van der Waals surface area contributed by atoms with Gasteiger partial charge in [-0.2, -0.15) is 0 Å². The highest BCUT2D eigenvalue weighted by molar-refractivity contribution is 5.96. The van der Waals surface area contributed by atoms with Crippen LogP contribution >= 0.6 is 0 Å². The first kappa shape index (κ1) is 13.6. The molecule has 1 aliphatic rings. The average Bonchev–Trinajstić information content (AvgIpc) is 2.42. The van der Waals surface area contributed by atoms with Crippen LogP contribution < -0.4 is 5.32 Å². The molecule has 0 spiro atoms. The van der Waals surface area contributed by atoms with Gasteiger partial charge in [-0.3, -0.25) is 9.59 Å². The van der Waals surface area contributed by atoms with Gasteiger partial charge in [-0.15, -0.1) is 0 Å². The molecular formula is C15H20N2O2. The molecule has 1 aromatic rings. The maximum atomic E-state index is 12.1. The lowest BCUT2D eigenvalue weighted by Crippen LogP contribution is -2.60. The highest BCUT2D eigenvalue weighted by Crippen LogP contribution is 2.15. The maximum absolute atomic E-state index is 12.1. The maximum Gasteiger partial charge on any atom is 0.245 e. The Hall–Kier alpha value is -1.84. The third kappa shape index (κ3) is 2.78. The van der Waals surface area contributed by atoms with Crippen LogP contribution in [0.25, 0.3) is 0 Å². The van der Waals surface area contributed by atoms with Crippen LogP contribution in [0.1, 0.15) is 31.9 Å². The van der Waals surface area contributed by atoms with Gasteiger partial charge in [0.2, 0.25) is 11.8 Å². The Kier molecular flexibility index (Phi) is 3.88. The Morgan fingerprint density at radius 2 is 1.68 bits per heavy atom. The van der Waals surface area contributed by atoms with E-state index in [9.17, 15) is 9.59 Å². The second-order valence-corrected chi connectivity index (χ2v) is 5.04. The van der Waals surface area contributed by atoms with Gasteiger partial charge in [0.15, 0.2) is 0 Å². The molecule has 1 N–H and O–H groups in total. The Balaban J connectivity index is 2.15. The van der Waals surface area contributed by atoms with Gasteiger partial charge in [-0.05, 0) is 31.4 Å². The molecule has 4 nitrogen and oxygen atoms in total. The van der Waals surface area contributed by atoms with Crippen molar-refractivity contribution in [2.75, 3.05) is 0 Å². The predicted molar refractivity (Wildman–Crippen MR) is 73.4 cm³/mol. The van der Waals surface area contributed by atoms with Crippen molar-refractivity contribution in [3.05, 3.63) is 35.4 Å². The number of benzene rings is 1. The van der Waals surface area contributed by atoms with Crippen molar-refractivity contribution in [3.8, 4) is 0 Å². The predicted octanol–water partition coefficient (Wildman–Crippen LogP) is 1.48. The molecule has 1 fully saturated rings. The van der Waals surface area contributed by atoms with E-state index >= 15 is 0 Å². The molecule has 2 rings (SSSR count). The first-order valence-corrected chi connectivity index (χ1v) is 6.71. The van der Waals surface area contributed by atoms with Crippen LogP contribution in [0.5, 0.6) is 0 Å². The number of carbonyl (C=O) groups excluding carboxylic acids is 2. The molecule has 0 bridgehead atoms. The second-order valence-electron chi connectivity index (χ2n) is 5.04. The Labute approximate surface area is 113 Å². The van der Waals surface area contributed by atoms with Crippen molar-refractivity contribution in [2.24, 2.45) is 0 Å². The number of aryl methyl sites for hydroxylation is 1. The van der Waals surface area contributed by atoms with Gasteiger partial charge in [0.05, 0.1) is 0 Å². The summed E-state index contributed by atoms with van der Waals surface area (Å²) in [7, 11) is 0. The van der Waals surface area contributed by atoms with E-state index in [1.54, 1.807) is 18.7 Å². The number of amides is 2. The van der Waals surface area contributed by atoms with Crippen LogP contribution in [-0.2, 0) is 22.6 Å². The SMILES string of the molecule is CCc1ccc(CN2C(=O)C(C)NC(=O)C2C)cc1. The van der Waals surface area contributed by atoms with E-state index in [1.165, 1.54) is 5.56 Å². The van der Waals surface area contributed by atoms with Crippen LogP contribution in [0.15, 0.2) is 24.3 Å². The summed E-state index contributed by atoms with van der Waals surface area (Å²) >= 11 is 0. The summed E-state index contributed by atoms with van der Waals surface area (Å²) in [5.41, 5.74) is 2.33. The highest BCUT2D eigenvalue weighted by Gasteiger charge is 2.35. The summed E-state index contributed by atoms with van der Waals surface area (Å²) in [6, 6.07) is 7.34. The molecule has 1 saturated heterocycles. The third-order valence-corrected chi connectivity index (χ3v) is 3.64. The average molecular weight is 260 g/mol. The van der Waals surface area contributed by atoms with E-state index in [2.05, 4.69) is 24.4 Å². The van der Waals surface area contributed by atoms with Gasteiger partial charge < -0.3 is 10.2 Å². The van der Waals surface area contributed by atoms with Gasteiger partial charge in [0.25, 0.3) is 0 Å². The highest BCUT2D eigenvalue weighted by atomic mass is 16.2. The van der Waals surface area contributed by atoms with Crippen molar-refractivity contribution < 1.29 is 9.59 Å². The van der Waals surface area contributed by atoms with E-state index in [4.69, 9.17) is 0 Å². The van der Waals surface area contributed by atoms with Gasteiger partial charge in [-0.25, -0.2) is 0 Å². The van der Waals surface area contributed by atoms with Crippen LogP contribution in [0.2, 0.25) is 0 Å². The molecule has 4 heteroatoms. The molecule has 2 unspecified atom stereocenters. The van der Waals surface area contributed by atoms with Crippen molar-refractivity contribution in [1.82, 2.24) is 10.2 Å². The van der Waals surface area contributed by atoms with Crippen LogP contribution in [0, 0.1) is 0 Å². The molecule has 2 amide bonds. The summed E-state index contributed by atoms with van der Waals surface area (Å²) in [5, 5.41) is 2.68. The van der Waals surface area contributed by atoms with Gasteiger partial charge >= 0.3 is 0 Å². The van der Waals surface area contributed by atoms with Gasteiger partial charge in [0.1, 0.15) is 12.1 Å². The molecule has 2 atom stereocenters. The summed E-state index contributed by atoms with van der Waals surface area (Å²) in [5.74, 6) is -0.107. The second kappa shape index (κ2) is 5.43. The van der Waals surface area contributed by atoms with E-state index in [1.807, 2.05) is 12.1 Å². The smallest absolute Gasteiger partial charge is 0.245 e. The van der Waals surface area contributed by atoms with E-state index in [0.29, 0.717) is 6.54 Å². The summed E-state index contributed by atoms with van der Waals surface area (Å²) in [4.78, 5) is 25.5. The lowest BCUT2D eigenvalue weighted by molar-refractivity contribution is -0.148. The normalized spacial score (nSPS) is 23.4. The first-order valence-electron chi connectivity index (χ1n) is 6.71. The van der Waals surface area contributed by atoms with Gasteiger partial charge in [-0.1, -0.05) is 31.2 Å². The van der Waals surface area contributed by atoms with Crippen molar-refractivity contribution in [3.63, 3.8) is 0 Å². The zero-order chi connectivity index (χ0) is 14.0. The number of carbonyl (C=O) groups is 2. The molecular weight excluding hydrogens is 240 g/mol. The van der Waals surface area contributed by atoms with E-state index in [0.717, 1.165) is 12.0 Å². The summed E-state index contributed by atoms with van der Waals surface area (Å²) < 4.78 is 0. The molecule has 0 radical (unpaired) electrons. The zero-order valence-corrected chi connectivity index (χ0v) is 11.6. The number of rotatable bonds is 3. The minimum Gasteiger partial charge on any atom is -0.343 e. The minimum atomic E-state index is -0.432. The lowest BCUT2D eigenvalue weighted by Gasteiger charge is -2.36. The summed E-state index contributed by atoms with van der Waals surface area (Å²) in [6.07, 6.45) is 0.999. The molecule has 19 heavy (non-hydrogen) atoms. The van der Waals surface area contributed by atoms with Crippen LogP contribution in [0.3, 0.4) is 0 Å². The minimum absolute atomic E-state index is 0.0216. The largest absolute Gasteiger partial charge is 0.343 e. The lowest BCUT2D eigenvalue weighted by atomic mass is 10.1. The van der Waals surface area contributed by atoms with E-state index < -0.39 is 12.1 Å². The number of piperazine rings is 1. The molecule has 0 saturated carbocycles. The number of nitrogens with one attached hydrogen (secondary N) is 1. The fourth-order valence-electron chi connectivity index (χ4n) is 2.27. The van der Waals surface area contributed by atoms with Crippen molar-refractivity contribution in [2.45, 2.75) is 45.8 Å². The zero-order valence-electron chi connectivity index (χ0n) is 11.6. The third-order valence-electron chi connectivity index (χ3n) is 3.64. The van der Waals surface area contributed by atoms with Crippen molar-refractivity contribution in [1.29, 1.82) is 0 Å². The molecule has 1 aromatic carbocycles. The Morgan fingerprint density at radius 1 is 1.11 bits per heavy atom. The van der Waals surface area contributed by atoms with Crippen LogP contribution in [0.4, 0.5) is 0 Å². The molecule has 1 heterocycles. The quantitative estimate of drug-likeness (QED) is 0.895. The van der Waals surface area contributed by atoms with Gasteiger partial charge in [0, 0.05) is 6.54 Å². The topological polar surface area (TPSA) is 49.4 Å². The van der Waals surface area contributed by atoms with Crippen molar-refractivity contribution >= 4 is 11.8 Å². The fraction of sp³-hybridized carbons (Fsp3) is 0.467. The molecule has 0 aromatic heterocycles. The Bertz CT molecular complexity index is 481. The number of hydrogen-bond acceptors (Lipinski definition) is 2.